The van der Waals surface area contributed by atoms with Crippen LogP contribution in [0.15, 0.2) is 0 Å². The van der Waals surface area contributed by atoms with Crippen molar-refractivity contribution in [2.24, 2.45) is 0 Å². The predicted octanol–water partition coefficient (Wildman–Crippen LogP) is 0.127. The average molecular weight is 282 g/mol. The summed E-state index contributed by atoms with van der Waals surface area (Å²) in [5.74, 6) is 1.29. The van der Waals surface area contributed by atoms with Crippen molar-refractivity contribution in [3.05, 3.63) is 0 Å². The van der Waals surface area contributed by atoms with Crippen molar-refractivity contribution in [1.82, 2.24) is 15.0 Å². The molecular formula is C12H22N6O2. The molecule has 3 N–H and O–H groups in total. The summed E-state index contributed by atoms with van der Waals surface area (Å²) in [5, 5.41) is 3.10. The summed E-state index contributed by atoms with van der Waals surface area (Å²) in [4.78, 5) is 14.7. The van der Waals surface area contributed by atoms with Crippen LogP contribution < -0.4 is 16.0 Å². The molecule has 1 aliphatic rings. The van der Waals surface area contributed by atoms with Crippen LogP contribution in [0.3, 0.4) is 0 Å². The van der Waals surface area contributed by atoms with E-state index in [4.69, 9.17) is 15.2 Å². The zero-order valence-electron chi connectivity index (χ0n) is 12.0. The van der Waals surface area contributed by atoms with Gasteiger partial charge in [-0.25, -0.2) is 0 Å². The lowest BCUT2D eigenvalue weighted by atomic mass is 10.4. The number of aromatic nitrogens is 3. The quantitative estimate of drug-likeness (QED) is 0.710. The Morgan fingerprint density at radius 1 is 1.30 bits per heavy atom. The standard InChI is InChI=1S/C12H22N6O2/c1-9(2)20-6-3-14-11-15-10(13)16-12(17-11)18-4-7-19-8-5-18/h9H,3-8H2,1-2H3,(H3,13,14,15,16,17). The van der Waals surface area contributed by atoms with Crippen molar-refractivity contribution < 1.29 is 9.47 Å². The van der Waals surface area contributed by atoms with E-state index in [0.717, 1.165) is 13.1 Å². The Hall–Kier alpha value is -1.67. The first kappa shape index (κ1) is 14.7. The van der Waals surface area contributed by atoms with Crippen LogP contribution in [-0.4, -0.2) is 60.5 Å². The van der Waals surface area contributed by atoms with Crippen LogP contribution >= 0.6 is 0 Å². The highest BCUT2D eigenvalue weighted by molar-refractivity contribution is 5.42. The molecule has 0 aromatic carbocycles. The molecule has 0 saturated carbocycles. The molecule has 2 rings (SSSR count). The van der Waals surface area contributed by atoms with E-state index in [9.17, 15) is 0 Å². The number of nitrogens with two attached hydrogens (primary N) is 1. The first-order chi connectivity index (χ1) is 9.65. The number of ether oxygens (including phenoxy) is 2. The fraction of sp³-hybridized carbons (Fsp3) is 0.750. The van der Waals surface area contributed by atoms with Crippen LogP contribution in [0, 0.1) is 0 Å². The molecule has 1 fully saturated rings. The van der Waals surface area contributed by atoms with Crippen molar-refractivity contribution in [2.75, 3.05) is 55.4 Å². The largest absolute Gasteiger partial charge is 0.378 e. The number of nitrogens with zero attached hydrogens (tertiary/aromatic N) is 4. The van der Waals surface area contributed by atoms with E-state index >= 15 is 0 Å². The third kappa shape index (κ3) is 4.46. The lowest BCUT2D eigenvalue weighted by Crippen LogP contribution is -2.37. The predicted molar refractivity (Wildman–Crippen MR) is 76.8 cm³/mol. The van der Waals surface area contributed by atoms with Gasteiger partial charge in [-0.05, 0) is 13.8 Å². The van der Waals surface area contributed by atoms with Gasteiger partial charge in [0, 0.05) is 19.6 Å². The second-order valence-electron chi connectivity index (χ2n) is 4.76. The topological polar surface area (TPSA) is 98.4 Å². The molecule has 0 bridgehead atoms. The van der Waals surface area contributed by atoms with Crippen molar-refractivity contribution in [3.8, 4) is 0 Å². The van der Waals surface area contributed by atoms with E-state index in [1.165, 1.54) is 0 Å². The number of rotatable bonds is 6. The van der Waals surface area contributed by atoms with Crippen LogP contribution in [0.25, 0.3) is 0 Å². The van der Waals surface area contributed by atoms with Gasteiger partial charge in [-0.15, -0.1) is 0 Å². The summed E-state index contributed by atoms with van der Waals surface area (Å²) in [6.07, 6.45) is 0.212. The molecule has 8 nitrogen and oxygen atoms in total. The molecule has 1 aromatic heterocycles. The molecule has 1 aliphatic heterocycles. The number of anilines is 3. The van der Waals surface area contributed by atoms with Crippen LogP contribution in [0.1, 0.15) is 13.8 Å². The highest BCUT2D eigenvalue weighted by Crippen LogP contribution is 2.13. The minimum absolute atomic E-state index is 0.212. The summed E-state index contributed by atoms with van der Waals surface area (Å²) in [6, 6.07) is 0. The second kappa shape index (κ2) is 7.20. The van der Waals surface area contributed by atoms with Crippen LogP contribution in [-0.2, 0) is 9.47 Å². The second-order valence-corrected chi connectivity index (χ2v) is 4.76. The van der Waals surface area contributed by atoms with Gasteiger partial charge < -0.3 is 25.4 Å². The van der Waals surface area contributed by atoms with Crippen LogP contribution in [0.5, 0.6) is 0 Å². The van der Waals surface area contributed by atoms with Gasteiger partial charge in [0.05, 0.1) is 25.9 Å². The van der Waals surface area contributed by atoms with Crippen LogP contribution in [0.2, 0.25) is 0 Å². The van der Waals surface area contributed by atoms with Crippen LogP contribution in [0.4, 0.5) is 17.8 Å². The molecule has 2 heterocycles. The van der Waals surface area contributed by atoms with E-state index in [-0.39, 0.29) is 12.1 Å². The Labute approximate surface area is 118 Å². The molecule has 1 saturated heterocycles. The van der Waals surface area contributed by atoms with E-state index < -0.39 is 0 Å². The summed E-state index contributed by atoms with van der Waals surface area (Å²) >= 11 is 0. The van der Waals surface area contributed by atoms with Gasteiger partial charge >= 0.3 is 0 Å². The molecule has 0 aliphatic carbocycles. The van der Waals surface area contributed by atoms with Crippen molar-refractivity contribution >= 4 is 17.8 Å². The summed E-state index contributed by atoms with van der Waals surface area (Å²) in [6.45, 7) is 8.10. The zero-order chi connectivity index (χ0) is 14.4. The highest BCUT2D eigenvalue weighted by atomic mass is 16.5. The average Bonchev–Trinajstić information content (AvgIpc) is 2.44. The first-order valence-electron chi connectivity index (χ1n) is 6.85. The molecule has 8 heteroatoms. The Bertz CT molecular complexity index is 422. The lowest BCUT2D eigenvalue weighted by Gasteiger charge is -2.26. The summed E-state index contributed by atoms with van der Waals surface area (Å²) in [5.41, 5.74) is 5.73. The molecular weight excluding hydrogens is 260 g/mol. The van der Waals surface area contributed by atoms with Crippen molar-refractivity contribution in [1.29, 1.82) is 0 Å². The number of morpholine rings is 1. The fourth-order valence-electron chi connectivity index (χ4n) is 1.82. The van der Waals surface area contributed by atoms with E-state index in [1.54, 1.807) is 0 Å². The normalized spacial score (nSPS) is 15.7. The molecule has 0 radical (unpaired) electrons. The SMILES string of the molecule is CC(C)OCCNc1nc(N)nc(N2CCOCC2)n1. The first-order valence-corrected chi connectivity index (χ1v) is 6.85. The van der Waals surface area contributed by atoms with E-state index in [2.05, 4.69) is 20.3 Å². The molecule has 112 valence electrons. The van der Waals surface area contributed by atoms with Gasteiger partial charge in [-0.2, -0.15) is 15.0 Å². The van der Waals surface area contributed by atoms with Gasteiger partial charge in [0.1, 0.15) is 0 Å². The number of nitrogen functional groups attached to an aromatic ring is 1. The van der Waals surface area contributed by atoms with Crippen molar-refractivity contribution in [2.45, 2.75) is 20.0 Å². The molecule has 0 unspecified atom stereocenters. The Morgan fingerprint density at radius 2 is 2.05 bits per heavy atom. The van der Waals surface area contributed by atoms with Crippen molar-refractivity contribution in [3.63, 3.8) is 0 Å². The molecule has 20 heavy (non-hydrogen) atoms. The Balaban J connectivity index is 1.93. The van der Waals surface area contributed by atoms with Gasteiger partial charge in [-0.1, -0.05) is 0 Å². The van der Waals surface area contributed by atoms with E-state index in [0.29, 0.717) is 38.3 Å². The van der Waals surface area contributed by atoms with Gasteiger partial charge in [0.25, 0.3) is 0 Å². The minimum Gasteiger partial charge on any atom is -0.378 e. The van der Waals surface area contributed by atoms with E-state index in [1.807, 2.05) is 18.7 Å². The monoisotopic (exact) mass is 282 g/mol. The Kier molecular flexibility index (Phi) is 5.31. The number of nitrogens with one attached hydrogen (secondary N) is 1. The van der Waals surface area contributed by atoms with Gasteiger partial charge in [-0.3, -0.25) is 0 Å². The maximum absolute atomic E-state index is 5.73. The molecule has 0 spiro atoms. The van der Waals surface area contributed by atoms with Gasteiger partial charge in [0.2, 0.25) is 17.8 Å². The third-order valence-electron chi connectivity index (χ3n) is 2.77. The maximum atomic E-state index is 5.73. The third-order valence-corrected chi connectivity index (χ3v) is 2.77. The zero-order valence-corrected chi connectivity index (χ0v) is 12.0. The number of hydrogen-bond donors (Lipinski definition) is 2. The highest BCUT2D eigenvalue weighted by Gasteiger charge is 2.15. The summed E-state index contributed by atoms with van der Waals surface area (Å²) in [7, 11) is 0. The molecule has 0 atom stereocenters. The number of hydrogen-bond acceptors (Lipinski definition) is 8. The maximum Gasteiger partial charge on any atom is 0.232 e. The van der Waals surface area contributed by atoms with Gasteiger partial charge in [0.15, 0.2) is 0 Å². The molecule has 0 amide bonds. The minimum atomic E-state index is 0.212. The molecule has 1 aromatic rings. The Morgan fingerprint density at radius 3 is 2.75 bits per heavy atom. The fourth-order valence-corrected chi connectivity index (χ4v) is 1.82. The lowest BCUT2D eigenvalue weighted by molar-refractivity contribution is 0.0870. The smallest absolute Gasteiger partial charge is 0.232 e. The summed E-state index contributed by atoms with van der Waals surface area (Å²) < 4.78 is 10.8.